The highest BCUT2D eigenvalue weighted by Gasteiger charge is 2.29. The molecule has 0 amide bonds. The van der Waals surface area contributed by atoms with E-state index in [1.807, 2.05) is 4.90 Å². The predicted octanol–water partition coefficient (Wildman–Crippen LogP) is 2.75. The SMILES string of the molecule is OC(CC1CCCN1c1ccc2nnc(C(F)F)n2n1)c1ccco1. The highest BCUT2D eigenvalue weighted by Crippen LogP contribution is 2.31. The van der Waals surface area contributed by atoms with E-state index in [4.69, 9.17) is 4.42 Å². The quantitative estimate of drug-likeness (QED) is 0.763. The van der Waals surface area contributed by atoms with Crippen LogP contribution in [0.4, 0.5) is 14.6 Å². The standard InChI is InChI=1S/C16H17F2N5O2/c17-15(18)16-20-19-13-5-6-14(21-23(13)16)22-7-1-3-10(22)9-11(24)12-4-2-8-25-12/h2,4-6,8,10-11,15,24H,1,3,7,9H2. The van der Waals surface area contributed by atoms with E-state index in [0.717, 1.165) is 23.9 Å². The molecule has 3 aromatic heterocycles. The van der Waals surface area contributed by atoms with E-state index in [0.29, 0.717) is 18.0 Å². The summed E-state index contributed by atoms with van der Waals surface area (Å²) in [6.07, 6.45) is 0.388. The molecule has 4 heterocycles. The molecule has 25 heavy (non-hydrogen) atoms. The molecule has 1 fully saturated rings. The number of aromatic nitrogens is 4. The monoisotopic (exact) mass is 349 g/mol. The van der Waals surface area contributed by atoms with Gasteiger partial charge in [0.1, 0.15) is 17.7 Å². The third-order valence-electron chi connectivity index (χ3n) is 4.51. The maximum absolute atomic E-state index is 13.0. The normalized spacial score (nSPS) is 19.2. The molecule has 7 nitrogen and oxygen atoms in total. The summed E-state index contributed by atoms with van der Waals surface area (Å²) in [6, 6.07) is 6.89. The molecule has 1 aliphatic heterocycles. The van der Waals surface area contributed by atoms with Crippen molar-refractivity contribution in [2.75, 3.05) is 11.4 Å². The molecule has 0 radical (unpaired) electrons. The van der Waals surface area contributed by atoms with Gasteiger partial charge in [-0.05, 0) is 37.1 Å². The Labute approximate surface area is 141 Å². The van der Waals surface area contributed by atoms with Crippen LogP contribution in [0.25, 0.3) is 5.65 Å². The maximum atomic E-state index is 13.0. The highest BCUT2D eigenvalue weighted by molar-refractivity contribution is 5.47. The van der Waals surface area contributed by atoms with Crippen molar-refractivity contribution in [2.24, 2.45) is 0 Å². The van der Waals surface area contributed by atoms with Crippen molar-refractivity contribution in [1.82, 2.24) is 19.8 Å². The third kappa shape index (κ3) is 2.95. The summed E-state index contributed by atoms with van der Waals surface area (Å²) in [5, 5.41) is 21.8. The molecule has 4 rings (SSSR count). The summed E-state index contributed by atoms with van der Waals surface area (Å²) >= 11 is 0. The molecule has 0 aliphatic carbocycles. The van der Waals surface area contributed by atoms with Gasteiger partial charge in [0.2, 0.25) is 5.82 Å². The highest BCUT2D eigenvalue weighted by atomic mass is 19.3. The first-order chi connectivity index (χ1) is 12.1. The first-order valence-corrected chi connectivity index (χ1v) is 8.12. The van der Waals surface area contributed by atoms with E-state index in [-0.39, 0.29) is 11.7 Å². The molecule has 2 unspecified atom stereocenters. The van der Waals surface area contributed by atoms with Crippen molar-refractivity contribution in [2.45, 2.75) is 37.8 Å². The van der Waals surface area contributed by atoms with E-state index in [9.17, 15) is 13.9 Å². The third-order valence-corrected chi connectivity index (χ3v) is 4.51. The van der Waals surface area contributed by atoms with Crippen LogP contribution in [0.15, 0.2) is 34.9 Å². The van der Waals surface area contributed by atoms with Crippen LogP contribution >= 0.6 is 0 Å². The summed E-state index contributed by atoms with van der Waals surface area (Å²) in [7, 11) is 0. The summed E-state index contributed by atoms with van der Waals surface area (Å²) in [4.78, 5) is 2.03. The Hall–Kier alpha value is -2.55. The van der Waals surface area contributed by atoms with Crippen LogP contribution in [-0.4, -0.2) is 37.5 Å². The van der Waals surface area contributed by atoms with Crippen LogP contribution in [0, 0.1) is 0 Å². The number of hydrogen-bond donors (Lipinski definition) is 1. The summed E-state index contributed by atoms with van der Waals surface area (Å²) in [5.74, 6) is 0.626. The lowest BCUT2D eigenvalue weighted by Crippen LogP contribution is -2.31. The van der Waals surface area contributed by atoms with E-state index < -0.39 is 18.4 Å². The number of nitrogens with zero attached hydrogens (tertiary/aromatic N) is 5. The molecule has 1 aliphatic rings. The van der Waals surface area contributed by atoms with Gasteiger partial charge in [0, 0.05) is 19.0 Å². The van der Waals surface area contributed by atoms with Crippen molar-refractivity contribution < 1.29 is 18.3 Å². The largest absolute Gasteiger partial charge is 0.467 e. The Morgan fingerprint density at radius 1 is 1.28 bits per heavy atom. The zero-order chi connectivity index (χ0) is 17.4. The number of anilines is 1. The topological polar surface area (TPSA) is 79.7 Å². The zero-order valence-corrected chi connectivity index (χ0v) is 13.3. The van der Waals surface area contributed by atoms with Crippen LogP contribution in [-0.2, 0) is 0 Å². The fourth-order valence-electron chi connectivity index (χ4n) is 3.32. The van der Waals surface area contributed by atoms with Crippen molar-refractivity contribution >= 4 is 11.5 Å². The molecule has 0 bridgehead atoms. The van der Waals surface area contributed by atoms with Gasteiger partial charge in [-0.3, -0.25) is 0 Å². The van der Waals surface area contributed by atoms with Gasteiger partial charge in [-0.2, -0.15) is 4.52 Å². The molecule has 2 atom stereocenters. The number of aliphatic hydroxyl groups excluding tert-OH is 1. The Morgan fingerprint density at radius 2 is 2.16 bits per heavy atom. The number of furan rings is 1. The van der Waals surface area contributed by atoms with Gasteiger partial charge in [-0.15, -0.1) is 15.3 Å². The van der Waals surface area contributed by atoms with Crippen LogP contribution < -0.4 is 4.90 Å². The molecule has 0 aromatic carbocycles. The van der Waals surface area contributed by atoms with Crippen LogP contribution in [0.5, 0.6) is 0 Å². The zero-order valence-electron chi connectivity index (χ0n) is 13.3. The second-order valence-corrected chi connectivity index (χ2v) is 6.08. The Morgan fingerprint density at radius 3 is 2.92 bits per heavy atom. The first kappa shape index (κ1) is 15.9. The second-order valence-electron chi connectivity index (χ2n) is 6.08. The van der Waals surface area contributed by atoms with E-state index in [2.05, 4.69) is 15.3 Å². The Bertz CT molecular complexity index is 851. The molecule has 0 saturated carbocycles. The Kier molecular flexibility index (Phi) is 4.08. The molecule has 132 valence electrons. The van der Waals surface area contributed by atoms with Gasteiger partial charge < -0.3 is 14.4 Å². The van der Waals surface area contributed by atoms with Gasteiger partial charge in [0.25, 0.3) is 6.43 Å². The molecule has 9 heteroatoms. The fraction of sp³-hybridized carbons (Fsp3) is 0.438. The minimum absolute atomic E-state index is 0.0523. The van der Waals surface area contributed by atoms with Crippen LogP contribution in [0.2, 0.25) is 0 Å². The van der Waals surface area contributed by atoms with Crippen molar-refractivity contribution in [3.63, 3.8) is 0 Å². The smallest absolute Gasteiger partial charge is 0.299 e. The van der Waals surface area contributed by atoms with Crippen LogP contribution in [0.3, 0.4) is 0 Å². The van der Waals surface area contributed by atoms with Gasteiger partial charge in [-0.25, -0.2) is 8.78 Å². The number of hydrogen-bond acceptors (Lipinski definition) is 6. The van der Waals surface area contributed by atoms with Gasteiger partial charge in [0.15, 0.2) is 5.65 Å². The van der Waals surface area contributed by atoms with Crippen molar-refractivity contribution in [3.8, 4) is 0 Å². The molecule has 0 spiro atoms. The molecule has 1 saturated heterocycles. The number of rotatable bonds is 5. The summed E-state index contributed by atoms with van der Waals surface area (Å²) in [5.41, 5.74) is 0.283. The Balaban J connectivity index is 1.59. The number of fused-ring (bicyclic) bond motifs is 1. The predicted molar refractivity (Wildman–Crippen MR) is 84.4 cm³/mol. The van der Waals surface area contributed by atoms with E-state index >= 15 is 0 Å². The van der Waals surface area contributed by atoms with E-state index in [1.54, 1.807) is 24.3 Å². The lowest BCUT2D eigenvalue weighted by atomic mass is 10.1. The minimum atomic E-state index is -2.74. The van der Waals surface area contributed by atoms with Crippen molar-refractivity contribution in [1.29, 1.82) is 0 Å². The second kappa shape index (κ2) is 6.40. The van der Waals surface area contributed by atoms with Gasteiger partial charge in [0.05, 0.1) is 6.26 Å². The lowest BCUT2D eigenvalue weighted by Gasteiger charge is -2.27. The molecular weight excluding hydrogens is 332 g/mol. The maximum Gasteiger partial charge on any atom is 0.299 e. The van der Waals surface area contributed by atoms with Crippen LogP contribution in [0.1, 0.15) is 43.4 Å². The number of alkyl halides is 2. The van der Waals surface area contributed by atoms with Gasteiger partial charge >= 0.3 is 0 Å². The average molecular weight is 349 g/mol. The average Bonchev–Trinajstić information content (AvgIpc) is 3.34. The number of aliphatic hydroxyl groups is 1. The van der Waals surface area contributed by atoms with E-state index in [1.165, 1.54) is 6.26 Å². The fourth-order valence-corrected chi connectivity index (χ4v) is 3.32. The number of halogens is 2. The first-order valence-electron chi connectivity index (χ1n) is 8.12. The lowest BCUT2D eigenvalue weighted by molar-refractivity contribution is 0.132. The summed E-state index contributed by atoms with van der Waals surface area (Å²) < 4.78 is 32.4. The molecular formula is C16H17F2N5O2. The molecule has 1 N–H and O–H groups in total. The molecule has 3 aromatic rings. The minimum Gasteiger partial charge on any atom is -0.467 e. The van der Waals surface area contributed by atoms with Gasteiger partial charge in [-0.1, -0.05) is 0 Å². The van der Waals surface area contributed by atoms with Crippen molar-refractivity contribution in [3.05, 3.63) is 42.1 Å². The summed E-state index contributed by atoms with van der Waals surface area (Å²) in [6.45, 7) is 0.750.